The van der Waals surface area contributed by atoms with Gasteiger partial charge in [-0.05, 0) is 68.3 Å². The molecule has 3 unspecified atom stereocenters. The fourth-order valence-electron chi connectivity index (χ4n) is 4.23. The molecule has 2 bridgehead atoms. The van der Waals surface area contributed by atoms with Gasteiger partial charge in [0, 0.05) is 19.3 Å². The fraction of sp³-hybridized carbons (Fsp3) is 0.550. The number of guanidine groups is 1. The zero-order chi connectivity index (χ0) is 22.2. The van der Waals surface area contributed by atoms with Crippen molar-refractivity contribution in [1.29, 1.82) is 0 Å². The molecule has 0 spiro atoms. The zero-order valence-electron chi connectivity index (χ0n) is 17.3. The Kier molecular flexibility index (Phi) is 5.96. The third-order valence-electron chi connectivity index (χ3n) is 5.78. The molecule has 0 radical (unpaired) electrons. The average molecular weight is 455 g/mol. The third-order valence-corrected chi connectivity index (χ3v) is 6.72. The van der Waals surface area contributed by atoms with E-state index in [-0.39, 0.29) is 23.6 Å². The number of pyridine rings is 1. The summed E-state index contributed by atoms with van der Waals surface area (Å²) in [6.45, 7) is 4.72. The van der Waals surface area contributed by atoms with Crippen LogP contribution in [0.1, 0.15) is 25.5 Å². The second kappa shape index (κ2) is 8.52. The van der Waals surface area contributed by atoms with Gasteiger partial charge in [0.15, 0.2) is 23.6 Å². The van der Waals surface area contributed by atoms with Crippen LogP contribution in [0.3, 0.4) is 0 Å². The molecule has 168 valence electrons. The van der Waals surface area contributed by atoms with Crippen LogP contribution in [0.4, 0.5) is 24.0 Å². The molecular formula is C20H25F3N6OS. The van der Waals surface area contributed by atoms with Crippen LogP contribution in [0.25, 0.3) is 0 Å². The Morgan fingerprint density at radius 1 is 1.35 bits per heavy atom. The van der Waals surface area contributed by atoms with Crippen molar-refractivity contribution >= 4 is 28.3 Å². The Hall–Kier alpha value is -2.56. The largest absolute Gasteiger partial charge is 0.477 e. The minimum atomic E-state index is -4.48. The molecule has 3 heterocycles. The predicted octanol–water partition coefficient (Wildman–Crippen LogP) is 3.82. The highest BCUT2D eigenvalue weighted by Crippen LogP contribution is 2.41. The number of ether oxygens (including phenoxy) is 1. The number of nitrogens with zero attached hydrogens (tertiary/aromatic N) is 4. The molecule has 7 nitrogen and oxygen atoms in total. The lowest BCUT2D eigenvalue weighted by molar-refractivity contribution is -0.189. The zero-order valence-corrected chi connectivity index (χ0v) is 18.1. The molecule has 0 amide bonds. The van der Waals surface area contributed by atoms with Crippen molar-refractivity contribution in [2.45, 2.75) is 45.0 Å². The Bertz CT molecular complexity index is 935. The van der Waals surface area contributed by atoms with Crippen molar-refractivity contribution in [3.8, 4) is 5.75 Å². The van der Waals surface area contributed by atoms with E-state index in [1.54, 1.807) is 0 Å². The fourth-order valence-corrected chi connectivity index (χ4v) is 5.01. The van der Waals surface area contributed by atoms with Crippen LogP contribution in [0.5, 0.6) is 5.75 Å². The molecule has 1 aliphatic heterocycles. The van der Waals surface area contributed by atoms with E-state index in [0.29, 0.717) is 11.8 Å². The standard InChI is InChI=1S/C20H25F3N6OS/c1-11-8-16(31-28-11)29-9-13-5-6-14(10-29)17(13)26-19(24)27-18-15(4-3-7-25-18)30-12(2)20(21,22)23/h3-4,7-8,12-14,17H,5-6,9-10H2,1-2H3,(H3,24,25,26,27)/t12?,13-,14?,17?/m0/s1. The van der Waals surface area contributed by atoms with Gasteiger partial charge >= 0.3 is 6.18 Å². The van der Waals surface area contributed by atoms with Gasteiger partial charge in [-0.15, -0.1) is 0 Å². The number of nitrogens with two attached hydrogens (primary N) is 1. The van der Waals surface area contributed by atoms with Gasteiger partial charge in [-0.3, -0.25) is 0 Å². The summed E-state index contributed by atoms with van der Waals surface area (Å²) in [6.07, 6.45) is -2.84. The van der Waals surface area contributed by atoms with Crippen molar-refractivity contribution in [3.05, 3.63) is 30.1 Å². The number of anilines is 2. The van der Waals surface area contributed by atoms with Crippen molar-refractivity contribution in [2.24, 2.45) is 22.6 Å². The highest BCUT2D eigenvalue weighted by atomic mass is 32.1. The minimum Gasteiger partial charge on any atom is -0.477 e. The summed E-state index contributed by atoms with van der Waals surface area (Å²) in [4.78, 5) is 11.1. The van der Waals surface area contributed by atoms with Gasteiger partial charge in [-0.25, -0.2) is 9.98 Å². The number of hydrogen-bond donors (Lipinski definition) is 2. The lowest BCUT2D eigenvalue weighted by atomic mass is 9.93. The lowest BCUT2D eigenvalue weighted by Crippen LogP contribution is -2.45. The number of aryl methyl sites for hydroxylation is 1. The SMILES string of the molecule is Cc1cc(N2CC3CC[C@@H](C2)C3N=C(N)Nc2ncccc2OC(C)C(F)(F)F)sn1. The van der Waals surface area contributed by atoms with E-state index >= 15 is 0 Å². The minimum absolute atomic E-state index is 0.0242. The Labute approximate surface area is 182 Å². The van der Waals surface area contributed by atoms with Crippen LogP contribution >= 0.6 is 11.5 Å². The molecule has 4 rings (SSSR count). The molecule has 2 aromatic rings. The first-order valence-corrected chi connectivity index (χ1v) is 10.9. The number of rotatable bonds is 5. The molecule has 2 fully saturated rings. The molecule has 2 aliphatic rings. The molecule has 0 aromatic carbocycles. The van der Waals surface area contributed by atoms with Gasteiger partial charge in [-0.2, -0.15) is 17.5 Å². The highest BCUT2D eigenvalue weighted by molar-refractivity contribution is 7.10. The Balaban J connectivity index is 1.44. The Morgan fingerprint density at radius 2 is 2.06 bits per heavy atom. The molecule has 3 N–H and O–H groups in total. The maximum atomic E-state index is 12.9. The number of aliphatic imine (C=N–C) groups is 1. The van der Waals surface area contributed by atoms with E-state index in [4.69, 9.17) is 10.5 Å². The van der Waals surface area contributed by atoms with Gasteiger partial charge < -0.3 is 20.7 Å². The first kappa shape index (κ1) is 21.7. The van der Waals surface area contributed by atoms with Gasteiger partial charge in [0.2, 0.25) is 0 Å². The number of aromatic nitrogens is 2. The maximum absolute atomic E-state index is 12.9. The van der Waals surface area contributed by atoms with Crippen LogP contribution in [-0.4, -0.2) is 46.7 Å². The summed E-state index contributed by atoms with van der Waals surface area (Å²) in [6, 6.07) is 5.10. The van der Waals surface area contributed by atoms with Crippen LogP contribution in [0.2, 0.25) is 0 Å². The number of piperidine rings is 1. The van der Waals surface area contributed by atoms with Crippen molar-refractivity contribution in [2.75, 3.05) is 23.3 Å². The summed E-state index contributed by atoms with van der Waals surface area (Å²) in [7, 11) is 0. The maximum Gasteiger partial charge on any atom is 0.425 e. The number of hydrogen-bond acceptors (Lipinski definition) is 6. The molecule has 4 atom stereocenters. The highest BCUT2D eigenvalue weighted by Gasteiger charge is 2.43. The van der Waals surface area contributed by atoms with E-state index < -0.39 is 12.3 Å². The summed E-state index contributed by atoms with van der Waals surface area (Å²) in [5, 5.41) is 4.01. The smallest absolute Gasteiger partial charge is 0.425 e. The summed E-state index contributed by atoms with van der Waals surface area (Å²) >= 11 is 1.51. The average Bonchev–Trinajstić information content (AvgIpc) is 3.22. The quantitative estimate of drug-likeness (QED) is 0.528. The predicted molar refractivity (Wildman–Crippen MR) is 115 cm³/mol. The van der Waals surface area contributed by atoms with Crippen molar-refractivity contribution in [3.63, 3.8) is 0 Å². The van der Waals surface area contributed by atoms with E-state index in [0.717, 1.165) is 38.5 Å². The molecule has 11 heteroatoms. The first-order chi connectivity index (χ1) is 14.7. The summed E-state index contributed by atoms with van der Waals surface area (Å²) < 4.78 is 48.0. The normalized spacial score (nSPS) is 24.9. The Morgan fingerprint density at radius 3 is 2.68 bits per heavy atom. The number of halogens is 3. The van der Waals surface area contributed by atoms with Gasteiger partial charge in [0.25, 0.3) is 0 Å². The van der Waals surface area contributed by atoms with E-state index in [2.05, 4.69) is 30.6 Å². The van der Waals surface area contributed by atoms with E-state index in [1.807, 2.05) is 6.92 Å². The lowest BCUT2D eigenvalue weighted by Gasteiger charge is -2.36. The molecule has 1 saturated heterocycles. The van der Waals surface area contributed by atoms with Crippen molar-refractivity contribution < 1.29 is 17.9 Å². The van der Waals surface area contributed by atoms with Crippen LogP contribution < -0.4 is 20.7 Å². The van der Waals surface area contributed by atoms with E-state index in [9.17, 15) is 13.2 Å². The van der Waals surface area contributed by atoms with E-state index in [1.165, 1.54) is 34.9 Å². The third kappa shape index (κ3) is 4.86. The monoisotopic (exact) mass is 454 g/mol. The van der Waals surface area contributed by atoms with Crippen LogP contribution in [-0.2, 0) is 0 Å². The summed E-state index contributed by atoms with van der Waals surface area (Å²) in [5.74, 6) is 0.957. The summed E-state index contributed by atoms with van der Waals surface area (Å²) in [5.41, 5.74) is 7.15. The number of alkyl halides is 3. The number of fused-ring (bicyclic) bond motifs is 2. The molecule has 31 heavy (non-hydrogen) atoms. The topological polar surface area (TPSA) is 88.7 Å². The van der Waals surface area contributed by atoms with Crippen molar-refractivity contribution in [1.82, 2.24) is 9.36 Å². The van der Waals surface area contributed by atoms with Gasteiger partial charge in [-0.1, -0.05) is 0 Å². The molecule has 2 aromatic heterocycles. The first-order valence-electron chi connectivity index (χ1n) is 10.2. The van der Waals surface area contributed by atoms with Gasteiger partial charge in [0.05, 0.1) is 11.7 Å². The van der Waals surface area contributed by atoms with Crippen LogP contribution in [0.15, 0.2) is 29.4 Å². The number of nitrogens with one attached hydrogen (secondary N) is 1. The molecular weight excluding hydrogens is 429 g/mol. The molecule has 1 aliphatic carbocycles. The second-order valence-corrected chi connectivity index (χ2v) is 8.87. The van der Waals surface area contributed by atoms with Crippen LogP contribution in [0, 0.1) is 18.8 Å². The second-order valence-electron chi connectivity index (χ2n) is 8.09. The molecule has 1 saturated carbocycles. The van der Waals surface area contributed by atoms with Gasteiger partial charge in [0.1, 0.15) is 5.00 Å².